The zero-order valence-electron chi connectivity index (χ0n) is 18.1. The number of ether oxygens (including phenoxy) is 1. The van der Waals surface area contributed by atoms with E-state index in [1.165, 1.54) is 5.56 Å². The van der Waals surface area contributed by atoms with Gasteiger partial charge in [0, 0.05) is 19.6 Å². The molecule has 1 atom stereocenters. The second-order valence-corrected chi connectivity index (χ2v) is 7.77. The number of carbonyl (C=O) groups is 2. The highest BCUT2D eigenvalue weighted by Gasteiger charge is 2.31. The second kappa shape index (κ2) is 9.61. The van der Waals surface area contributed by atoms with E-state index >= 15 is 0 Å². The van der Waals surface area contributed by atoms with Crippen LogP contribution in [-0.4, -0.2) is 57.7 Å². The number of hydrogen-bond donors (Lipinski definition) is 2. The number of aryl methyl sites for hydroxylation is 1. The number of benzene rings is 2. The van der Waals surface area contributed by atoms with Crippen molar-refractivity contribution in [1.82, 2.24) is 25.0 Å². The molecule has 166 valence electrons. The fraction of sp³-hybridized carbons (Fsp3) is 0.304. The highest BCUT2D eigenvalue weighted by atomic mass is 16.5. The van der Waals surface area contributed by atoms with E-state index in [9.17, 15) is 9.59 Å². The van der Waals surface area contributed by atoms with Crippen LogP contribution in [0.15, 0.2) is 55.1 Å². The van der Waals surface area contributed by atoms with Crippen LogP contribution in [0.2, 0.25) is 0 Å². The molecule has 1 aliphatic rings. The Kier molecular flexibility index (Phi) is 6.46. The zero-order chi connectivity index (χ0) is 22.5. The van der Waals surface area contributed by atoms with Crippen molar-refractivity contribution >= 4 is 17.5 Å². The third-order valence-electron chi connectivity index (χ3n) is 5.50. The summed E-state index contributed by atoms with van der Waals surface area (Å²) in [6, 6.07) is 13.1. The van der Waals surface area contributed by atoms with Crippen LogP contribution in [0.4, 0.5) is 5.69 Å². The zero-order valence-corrected chi connectivity index (χ0v) is 18.1. The Morgan fingerprint density at radius 3 is 2.66 bits per heavy atom. The van der Waals surface area contributed by atoms with Crippen LogP contribution in [0.5, 0.6) is 5.75 Å². The van der Waals surface area contributed by atoms with Crippen LogP contribution in [0.3, 0.4) is 0 Å². The molecule has 9 nitrogen and oxygen atoms in total. The Balaban J connectivity index is 1.48. The van der Waals surface area contributed by atoms with E-state index in [-0.39, 0.29) is 18.2 Å². The maximum Gasteiger partial charge on any atom is 0.237 e. The molecule has 1 aliphatic heterocycles. The highest BCUT2D eigenvalue weighted by Crippen LogP contribution is 2.27. The summed E-state index contributed by atoms with van der Waals surface area (Å²) in [6.45, 7) is 3.90. The molecule has 0 radical (unpaired) electrons. The van der Waals surface area contributed by atoms with Gasteiger partial charge in [0.05, 0.1) is 30.9 Å². The molecule has 3 aromatic rings. The van der Waals surface area contributed by atoms with Gasteiger partial charge in [0.15, 0.2) is 0 Å². The lowest BCUT2D eigenvalue weighted by Gasteiger charge is -2.34. The Morgan fingerprint density at radius 1 is 1.19 bits per heavy atom. The molecule has 32 heavy (non-hydrogen) atoms. The number of amides is 2. The Bertz CT molecular complexity index is 1080. The third kappa shape index (κ3) is 4.94. The number of anilines is 1. The first kappa shape index (κ1) is 21.5. The molecule has 0 saturated carbocycles. The van der Waals surface area contributed by atoms with Crippen LogP contribution >= 0.6 is 0 Å². The predicted octanol–water partition coefficient (Wildman–Crippen LogP) is 1.91. The summed E-state index contributed by atoms with van der Waals surface area (Å²) >= 11 is 0. The molecule has 9 heteroatoms. The van der Waals surface area contributed by atoms with Crippen molar-refractivity contribution in [3.05, 3.63) is 66.2 Å². The molecule has 2 aromatic carbocycles. The van der Waals surface area contributed by atoms with Crippen molar-refractivity contribution < 1.29 is 14.3 Å². The average Bonchev–Trinajstić information content (AvgIpc) is 3.33. The summed E-state index contributed by atoms with van der Waals surface area (Å²) in [4.78, 5) is 27.6. The maximum absolute atomic E-state index is 12.9. The largest absolute Gasteiger partial charge is 0.495 e. The van der Waals surface area contributed by atoms with Crippen LogP contribution < -0.4 is 15.4 Å². The van der Waals surface area contributed by atoms with Crippen LogP contribution in [0, 0.1) is 6.92 Å². The van der Waals surface area contributed by atoms with Gasteiger partial charge in [-0.3, -0.25) is 19.1 Å². The summed E-state index contributed by atoms with van der Waals surface area (Å²) < 4.78 is 7.12. The molecular formula is C23H26N6O3. The van der Waals surface area contributed by atoms with Gasteiger partial charge in [-0.1, -0.05) is 29.8 Å². The number of aromatic nitrogens is 3. The normalized spacial score (nSPS) is 16.4. The molecule has 0 bridgehead atoms. The van der Waals surface area contributed by atoms with E-state index in [1.807, 2.05) is 17.9 Å². The van der Waals surface area contributed by atoms with Crippen molar-refractivity contribution in [2.24, 2.45) is 0 Å². The molecule has 1 saturated heterocycles. The number of nitrogens with zero attached hydrogens (tertiary/aromatic N) is 4. The first-order valence-electron chi connectivity index (χ1n) is 10.4. The lowest BCUT2D eigenvalue weighted by atomic mass is 10.1. The van der Waals surface area contributed by atoms with Gasteiger partial charge in [0.2, 0.25) is 11.8 Å². The van der Waals surface area contributed by atoms with Crippen molar-refractivity contribution in [1.29, 1.82) is 0 Å². The van der Waals surface area contributed by atoms with E-state index in [0.717, 1.165) is 11.3 Å². The summed E-state index contributed by atoms with van der Waals surface area (Å²) in [5.41, 5.74) is 3.59. The van der Waals surface area contributed by atoms with Gasteiger partial charge in [-0.05, 0) is 30.7 Å². The SMILES string of the molecule is COc1ccc(-n2cnnc2)cc1NC(=O)CC1C(=O)NCCN1Cc1ccc(C)cc1. The maximum atomic E-state index is 12.9. The van der Waals surface area contributed by atoms with E-state index in [0.29, 0.717) is 31.1 Å². The van der Waals surface area contributed by atoms with E-state index in [4.69, 9.17) is 4.74 Å². The van der Waals surface area contributed by atoms with E-state index < -0.39 is 6.04 Å². The second-order valence-electron chi connectivity index (χ2n) is 7.77. The van der Waals surface area contributed by atoms with Gasteiger partial charge in [-0.25, -0.2) is 0 Å². The first-order valence-corrected chi connectivity index (χ1v) is 10.4. The van der Waals surface area contributed by atoms with Crippen LogP contribution in [-0.2, 0) is 16.1 Å². The molecule has 2 amide bonds. The topological polar surface area (TPSA) is 101 Å². The number of carbonyl (C=O) groups excluding carboxylic acids is 2. The van der Waals surface area contributed by atoms with Crippen LogP contribution in [0.1, 0.15) is 17.5 Å². The van der Waals surface area contributed by atoms with Crippen molar-refractivity contribution in [3.8, 4) is 11.4 Å². The number of piperazine rings is 1. The van der Waals surface area contributed by atoms with E-state index in [1.54, 1.807) is 36.5 Å². The van der Waals surface area contributed by atoms with Gasteiger partial charge in [0.25, 0.3) is 0 Å². The lowest BCUT2D eigenvalue weighted by Crippen LogP contribution is -2.55. The molecule has 1 fully saturated rings. The summed E-state index contributed by atoms with van der Waals surface area (Å²) in [6.07, 6.45) is 3.18. The Hall–Kier alpha value is -3.72. The highest BCUT2D eigenvalue weighted by molar-refractivity contribution is 5.96. The summed E-state index contributed by atoms with van der Waals surface area (Å²) in [5, 5.41) is 13.4. The summed E-state index contributed by atoms with van der Waals surface area (Å²) in [7, 11) is 1.54. The average molecular weight is 435 g/mol. The first-order chi connectivity index (χ1) is 15.5. The fourth-order valence-corrected chi connectivity index (χ4v) is 3.77. The van der Waals surface area contributed by atoms with Crippen molar-refractivity contribution in [3.63, 3.8) is 0 Å². The number of methoxy groups -OCH3 is 1. The van der Waals surface area contributed by atoms with Crippen molar-refractivity contribution in [2.75, 3.05) is 25.5 Å². The van der Waals surface area contributed by atoms with Gasteiger partial charge in [0.1, 0.15) is 18.4 Å². The van der Waals surface area contributed by atoms with Crippen LogP contribution in [0.25, 0.3) is 5.69 Å². The number of nitrogens with one attached hydrogen (secondary N) is 2. The molecule has 0 spiro atoms. The Morgan fingerprint density at radius 2 is 1.94 bits per heavy atom. The minimum absolute atomic E-state index is 0.0394. The minimum atomic E-state index is -0.544. The summed E-state index contributed by atoms with van der Waals surface area (Å²) in [5.74, 6) is 0.128. The third-order valence-corrected chi connectivity index (χ3v) is 5.50. The fourth-order valence-electron chi connectivity index (χ4n) is 3.77. The van der Waals surface area contributed by atoms with Gasteiger partial charge in [-0.15, -0.1) is 10.2 Å². The number of rotatable bonds is 7. The molecule has 2 N–H and O–H groups in total. The monoisotopic (exact) mass is 434 g/mol. The number of hydrogen-bond acceptors (Lipinski definition) is 6. The predicted molar refractivity (Wildman–Crippen MR) is 120 cm³/mol. The Labute approximate surface area is 186 Å². The molecule has 1 unspecified atom stereocenters. The standard InChI is InChI=1S/C23H26N6O3/c1-16-3-5-17(6-4-16)13-28-10-9-24-23(31)20(28)12-22(30)27-19-11-18(7-8-21(19)32-2)29-14-25-26-15-29/h3-8,11,14-15,20H,9-10,12-13H2,1-2H3,(H,24,31)(H,27,30). The lowest BCUT2D eigenvalue weighted by molar-refractivity contribution is -0.132. The van der Waals surface area contributed by atoms with Gasteiger partial charge < -0.3 is 15.4 Å². The molecule has 0 aliphatic carbocycles. The van der Waals surface area contributed by atoms with E-state index in [2.05, 4.69) is 45.1 Å². The van der Waals surface area contributed by atoms with Gasteiger partial charge in [-0.2, -0.15) is 0 Å². The molecule has 1 aromatic heterocycles. The molecule has 4 rings (SSSR count). The smallest absolute Gasteiger partial charge is 0.237 e. The molecule has 2 heterocycles. The molecular weight excluding hydrogens is 408 g/mol. The van der Waals surface area contributed by atoms with Gasteiger partial charge >= 0.3 is 0 Å². The quantitative estimate of drug-likeness (QED) is 0.589. The van der Waals surface area contributed by atoms with Crippen molar-refractivity contribution in [2.45, 2.75) is 25.9 Å². The minimum Gasteiger partial charge on any atom is -0.495 e.